The van der Waals surface area contributed by atoms with Crippen molar-refractivity contribution in [2.45, 2.75) is 32.6 Å². The average molecular weight is 170 g/mol. The van der Waals surface area contributed by atoms with Crippen LogP contribution in [0, 0.1) is 11.8 Å². The Balaban J connectivity index is 2.45. The maximum atomic E-state index is 11.2. The summed E-state index contributed by atoms with van der Waals surface area (Å²) in [5.41, 5.74) is 0. The third kappa shape index (κ3) is 2.31. The van der Waals surface area contributed by atoms with Crippen LogP contribution in [-0.2, 0) is 9.53 Å². The Kier molecular flexibility index (Phi) is 3.73. The molecule has 1 fully saturated rings. The van der Waals surface area contributed by atoms with Crippen molar-refractivity contribution >= 4 is 5.78 Å². The van der Waals surface area contributed by atoms with Gasteiger partial charge >= 0.3 is 0 Å². The van der Waals surface area contributed by atoms with E-state index in [2.05, 4.69) is 6.92 Å². The molecule has 1 aliphatic carbocycles. The fraction of sp³-hybridized carbons (Fsp3) is 0.900. The molecule has 12 heavy (non-hydrogen) atoms. The Bertz CT molecular complexity index is 154. The van der Waals surface area contributed by atoms with Crippen LogP contribution >= 0.6 is 0 Å². The van der Waals surface area contributed by atoms with Crippen LogP contribution in [-0.4, -0.2) is 19.5 Å². The van der Waals surface area contributed by atoms with E-state index in [1.807, 2.05) is 0 Å². The van der Waals surface area contributed by atoms with Crippen molar-refractivity contribution in [2.24, 2.45) is 11.8 Å². The number of ketones is 1. The molecular formula is C10H18O2. The number of Topliss-reactive ketones (excluding diaryl/α,β-unsaturated/α-hetero) is 1. The second kappa shape index (κ2) is 4.61. The summed E-state index contributed by atoms with van der Waals surface area (Å²) in [7, 11) is 1.71. The summed E-state index contributed by atoms with van der Waals surface area (Å²) in [6, 6.07) is 0. The van der Waals surface area contributed by atoms with Crippen LogP contribution in [0.15, 0.2) is 0 Å². The lowest BCUT2D eigenvalue weighted by atomic mass is 9.78. The molecule has 2 nitrogen and oxygen atoms in total. The van der Waals surface area contributed by atoms with E-state index in [-0.39, 0.29) is 0 Å². The summed E-state index contributed by atoms with van der Waals surface area (Å²) >= 11 is 0. The molecule has 2 atom stereocenters. The highest BCUT2D eigenvalue weighted by molar-refractivity contribution is 5.79. The fourth-order valence-electron chi connectivity index (χ4n) is 2.09. The molecule has 0 spiro atoms. The summed E-state index contributed by atoms with van der Waals surface area (Å²) in [5, 5.41) is 0. The van der Waals surface area contributed by atoms with Crippen molar-refractivity contribution in [1.29, 1.82) is 0 Å². The monoisotopic (exact) mass is 170 g/mol. The minimum absolute atomic E-state index is 0.418. The second-order valence-corrected chi connectivity index (χ2v) is 3.67. The van der Waals surface area contributed by atoms with E-state index < -0.39 is 0 Å². The first kappa shape index (κ1) is 9.72. The van der Waals surface area contributed by atoms with Crippen molar-refractivity contribution in [3.05, 3.63) is 0 Å². The molecule has 0 heterocycles. The normalized spacial score (nSPS) is 30.7. The van der Waals surface area contributed by atoms with Crippen molar-refractivity contribution in [1.82, 2.24) is 0 Å². The molecular weight excluding hydrogens is 152 g/mol. The second-order valence-electron chi connectivity index (χ2n) is 3.67. The maximum Gasteiger partial charge on any atom is 0.133 e. The minimum atomic E-state index is 0.418. The quantitative estimate of drug-likeness (QED) is 0.647. The van der Waals surface area contributed by atoms with E-state index in [4.69, 9.17) is 4.74 Å². The largest absolute Gasteiger partial charge is 0.384 e. The molecule has 0 aromatic carbocycles. The average Bonchev–Trinajstić information content (AvgIpc) is 2.05. The van der Waals surface area contributed by atoms with Crippen molar-refractivity contribution < 1.29 is 9.53 Å². The number of carbonyl (C=O) groups excluding carboxylic acids is 1. The number of carbonyl (C=O) groups is 1. The van der Waals surface area contributed by atoms with Gasteiger partial charge < -0.3 is 4.74 Å². The van der Waals surface area contributed by atoms with Gasteiger partial charge in [0.2, 0.25) is 0 Å². The number of methoxy groups -OCH3 is 1. The van der Waals surface area contributed by atoms with E-state index in [1.54, 1.807) is 7.11 Å². The lowest BCUT2D eigenvalue weighted by molar-refractivity contribution is -0.123. The van der Waals surface area contributed by atoms with Crippen LogP contribution in [0.4, 0.5) is 0 Å². The van der Waals surface area contributed by atoms with Crippen LogP contribution in [0.3, 0.4) is 0 Å². The molecule has 0 bridgehead atoms. The molecule has 0 radical (unpaired) electrons. The van der Waals surface area contributed by atoms with Gasteiger partial charge in [0.25, 0.3) is 0 Å². The highest BCUT2D eigenvalue weighted by Gasteiger charge is 2.27. The topological polar surface area (TPSA) is 26.3 Å². The standard InChI is InChI=1S/C10H18O2/c1-3-8-4-5-10(11)6-9(8)7-12-2/h8-9H,3-7H2,1-2H3. The molecule has 1 aliphatic rings. The smallest absolute Gasteiger partial charge is 0.133 e. The minimum Gasteiger partial charge on any atom is -0.384 e. The van der Waals surface area contributed by atoms with Crippen LogP contribution < -0.4 is 0 Å². The number of hydrogen-bond acceptors (Lipinski definition) is 2. The first-order valence-corrected chi connectivity index (χ1v) is 4.78. The molecule has 0 aromatic heterocycles. The van der Waals surface area contributed by atoms with Crippen LogP contribution in [0.5, 0.6) is 0 Å². The van der Waals surface area contributed by atoms with E-state index in [9.17, 15) is 4.79 Å². The Labute approximate surface area is 74.3 Å². The Morgan fingerprint density at radius 1 is 1.50 bits per heavy atom. The molecule has 1 rings (SSSR count). The SMILES string of the molecule is CCC1CCC(=O)CC1COC. The number of ether oxygens (including phenoxy) is 1. The van der Waals surface area contributed by atoms with Gasteiger partial charge in [-0.15, -0.1) is 0 Å². The molecule has 0 aromatic rings. The summed E-state index contributed by atoms with van der Waals surface area (Å²) in [6.07, 6.45) is 3.79. The van der Waals surface area contributed by atoms with Gasteiger partial charge in [-0.1, -0.05) is 13.3 Å². The summed E-state index contributed by atoms with van der Waals surface area (Å²) in [6.45, 7) is 2.95. The van der Waals surface area contributed by atoms with Crippen molar-refractivity contribution in [2.75, 3.05) is 13.7 Å². The van der Waals surface area contributed by atoms with E-state index in [1.165, 1.54) is 6.42 Å². The van der Waals surface area contributed by atoms with E-state index >= 15 is 0 Å². The maximum absolute atomic E-state index is 11.2. The summed E-state index contributed by atoms with van der Waals surface area (Å²) < 4.78 is 5.11. The number of hydrogen-bond donors (Lipinski definition) is 0. The first-order chi connectivity index (χ1) is 5.77. The van der Waals surface area contributed by atoms with Crippen molar-refractivity contribution in [3.63, 3.8) is 0 Å². The summed E-state index contributed by atoms with van der Waals surface area (Å²) in [5.74, 6) is 1.62. The fourth-order valence-corrected chi connectivity index (χ4v) is 2.09. The zero-order valence-electron chi connectivity index (χ0n) is 8.01. The van der Waals surface area contributed by atoms with E-state index in [0.29, 0.717) is 17.6 Å². The molecule has 0 amide bonds. The Morgan fingerprint density at radius 3 is 2.83 bits per heavy atom. The molecule has 2 heteroatoms. The third-order valence-electron chi connectivity index (χ3n) is 2.86. The summed E-state index contributed by atoms with van der Waals surface area (Å²) in [4.78, 5) is 11.2. The van der Waals surface area contributed by atoms with Gasteiger partial charge in [-0.2, -0.15) is 0 Å². The lowest BCUT2D eigenvalue weighted by Crippen LogP contribution is -2.27. The van der Waals surface area contributed by atoms with Crippen LogP contribution in [0.2, 0.25) is 0 Å². The molecule has 0 saturated heterocycles. The molecule has 0 aliphatic heterocycles. The van der Waals surface area contributed by atoms with Gasteiger partial charge in [-0.25, -0.2) is 0 Å². The van der Waals surface area contributed by atoms with Crippen LogP contribution in [0.25, 0.3) is 0 Å². The zero-order chi connectivity index (χ0) is 8.97. The third-order valence-corrected chi connectivity index (χ3v) is 2.86. The predicted molar refractivity (Wildman–Crippen MR) is 48.0 cm³/mol. The Morgan fingerprint density at radius 2 is 2.25 bits per heavy atom. The van der Waals surface area contributed by atoms with Gasteiger partial charge in [0.05, 0.1) is 0 Å². The zero-order valence-corrected chi connectivity index (χ0v) is 8.01. The van der Waals surface area contributed by atoms with Gasteiger partial charge in [0.1, 0.15) is 5.78 Å². The van der Waals surface area contributed by atoms with Gasteiger partial charge in [-0.05, 0) is 18.3 Å². The molecule has 0 N–H and O–H groups in total. The van der Waals surface area contributed by atoms with E-state index in [0.717, 1.165) is 25.9 Å². The predicted octanol–water partition coefficient (Wildman–Crippen LogP) is 2.03. The highest BCUT2D eigenvalue weighted by atomic mass is 16.5. The van der Waals surface area contributed by atoms with Gasteiger partial charge in [0.15, 0.2) is 0 Å². The number of rotatable bonds is 3. The van der Waals surface area contributed by atoms with Crippen molar-refractivity contribution in [3.8, 4) is 0 Å². The Hall–Kier alpha value is -0.370. The first-order valence-electron chi connectivity index (χ1n) is 4.78. The highest BCUT2D eigenvalue weighted by Crippen LogP contribution is 2.30. The molecule has 2 unspecified atom stereocenters. The van der Waals surface area contributed by atoms with Gasteiger partial charge in [-0.3, -0.25) is 4.79 Å². The molecule has 70 valence electrons. The molecule has 1 saturated carbocycles. The lowest BCUT2D eigenvalue weighted by Gasteiger charge is -2.29. The van der Waals surface area contributed by atoms with Gasteiger partial charge in [0, 0.05) is 26.6 Å². The van der Waals surface area contributed by atoms with Crippen LogP contribution in [0.1, 0.15) is 32.6 Å².